The third-order valence-corrected chi connectivity index (χ3v) is 5.39. The van der Waals surface area contributed by atoms with Crippen LogP contribution in [0.2, 0.25) is 0 Å². The topological polar surface area (TPSA) is 106 Å². The third-order valence-electron chi connectivity index (χ3n) is 4.42. The number of aromatic nitrogens is 2. The minimum atomic E-state index is -4.37. The molecular weight excluding hydrogens is 346 g/mol. The first-order chi connectivity index (χ1) is 10.9. The summed E-state index contributed by atoms with van der Waals surface area (Å²) in [6.45, 7) is 3.83. The maximum atomic E-state index is 11.4. The molecule has 1 unspecified atom stereocenters. The predicted molar refractivity (Wildman–Crippen MR) is 77.6 cm³/mol. The van der Waals surface area contributed by atoms with Crippen LogP contribution in [-0.4, -0.2) is 39.6 Å². The molecule has 1 aromatic heterocycles. The van der Waals surface area contributed by atoms with Crippen molar-refractivity contribution in [3.05, 3.63) is 29.6 Å². The molecule has 4 rings (SSSR count). The maximum absolute atomic E-state index is 11.4. The van der Waals surface area contributed by atoms with E-state index in [1.807, 2.05) is 26.0 Å². The molecule has 0 aliphatic carbocycles. The zero-order valence-corrected chi connectivity index (χ0v) is 16.5. The number of nitrogens with zero attached hydrogens (tertiary/aromatic N) is 2. The number of phosphoric ester groups is 1. The molecule has 3 heterocycles. The number of aliphatic hydroxyl groups excluding tert-OH is 1. The van der Waals surface area contributed by atoms with Gasteiger partial charge in [0.05, 0.1) is 24.0 Å². The SMILES string of the molecule is Cc1cc2ncn([C@@H]3O[C@@H]4COP(=O)([O-])O[C@@H]4[C@H]3O)c2cc1C.[Na+]. The summed E-state index contributed by atoms with van der Waals surface area (Å²) >= 11 is 0. The van der Waals surface area contributed by atoms with Crippen molar-refractivity contribution >= 4 is 18.9 Å². The number of ether oxygens (including phenoxy) is 1. The van der Waals surface area contributed by atoms with Crippen LogP contribution in [0.3, 0.4) is 0 Å². The van der Waals surface area contributed by atoms with Crippen LogP contribution in [0.1, 0.15) is 17.4 Å². The van der Waals surface area contributed by atoms with Crippen LogP contribution < -0.4 is 34.5 Å². The first-order valence-electron chi connectivity index (χ1n) is 7.27. The fourth-order valence-electron chi connectivity index (χ4n) is 3.04. The van der Waals surface area contributed by atoms with Crippen molar-refractivity contribution in [2.24, 2.45) is 0 Å². The quantitative estimate of drug-likeness (QED) is 0.453. The molecule has 0 spiro atoms. The van der Waals surface area contributed by atoms with Gasteiger partial charge in [-0.1, -0.05) is 0 Å². The molecule has 0 saturated carbocycles. The van der Waals surface area contributed by atoms with Crippen LogP contribution in [0, 0.1) is 13.8 Å². The molecule has 0 bridgehead atoms. The van der Waals surface area contributed by atoms with Crippen molar-refractivity contribution in [3.63, 3.8) is 0 Å². The standard InChI is InChI=1S/C14H17N2O6P.Na/c1-7-3-9-10(4-8(7)2)16(6-15-9)14-12(17)13-11(21-14)5-20-23(18,19)22-13;/h3-4,6,11-14,17H,5H2,1-2H3,(H,18,19);/q;+1/p-1/t11-,12-,13+,14-;/m1./s1. The van der Waals surface area contributed by atoms with Crippen molar-refractivity contribution in [2.45, 2.75) is 38.4 Å². The molecular formula is C14H16N2NaO6P. The Hall–Kier alpha value is -0.280. The van der Waals surface area contributed by atoms with Gasteiger partial charge in [-0.25, -0.2) is 4.98 Å². The fraction of sp³-hybridized carbons (Fsp3) is 0.500. The van der Waals surface area contributed by atoms with Gasteiger partial charge in [-0.05, 0) is 37.1 Å². The van der Waals surface area contributed by atoms with E-state index in [2.05, 4.69) is 9.51 Å². The Morgan fingerprint density at radius 3 is 2.83 bits per heavy atom. The number of phosphoric acid groups is 1. The van der Waals surface area contributed by atoms with Crippen LogP contribution in [0.5, 0.6) is 0 Å². The molecule has 2 aliphatic rings. The van der Waals surface area contributed by atoms with Gasteiger partial charge in [0, 0.05) is 0 Å². The molecule has 2 aliphatic heterocycles. The van der Waals surface area contributed by atoms with Crippen LogP contribution in [0.15, 0.2) is 18.5 Å². The molecule has 1 N–H and O–H groups in total. The van der Waals surface area contributed by atoms with Gasteiger partial charge in [-0.3, -0.25) is 4.57 Å². The Kier molecular flexibility index (Phi) is 4.99. The second-order valence-electron chi connectivity index (χ2n) is 5.95. The first-order valence-corrected chi connectivity index (χ1v) is 8.73. The summed E-state index contributed by atoms with van der Waals surface area (Å²) in [5.74, 6) is 0. The van der Waals surface area contributed by atoms with Crippen molar-refractivity contribution in [1.82, 2.24) is 9.55 Å². The van der Waals surface area contributed by atoms with Gasteiger partial charge in [0.2, 0.25) is 0 Å². The maximum Gasteiger partial charge on any atom is 1.00 e. The molecule has 5 atom stereocenters. The largest absolute Gasteiger partial charge is 1.00 e. The normalized spacial score (nSPS) is 35.7. The van der Waals surface area contributed by atoms with E-state index < -0.39 is 32.4 Å². The van der Waals surface area contributed by atoms with E-state index in [0.717, 1.165) is 22.2 Å². The molecule has 2 fully saturated rings. The van der Waals surface area contributed by atoms with E-state index in [-0.39, 0.29) is 36.2 Å². The van der Waals surface area contributed by atoms with E-state index in [4.69, 9.17) is 9.26 Å². The molecule has 2 saturated heterocycles. The van der Waals surface area contributed by atoms with Crippen molar-refractivity contribution in [2.75, 3.05) is 6.61 Å². The van der Waals surface area contributed by atoms with Gasteiger partial charge in [-0.2, -0.15) is 0 Å². The van der Waals surface area contributed by atoms with Crippen molar-refractivity contribution in [3.8, 4) is 0 Å². The Morgan fingerprint density at radius 2 is 2.08 bits per heavy atom. The molecule has 0 amide bonds. The number of imidazole rings is 1. The summed E-state index contributed by atoms with van der Waals surface area (Å²) in [6, 6.07) is 3.92. The van der Waals surface area contributed by atoms with E-state index >= 15 is 0 Å². The van der Waals surface area contributed by atoms with E-state index in [0.29, 0.717) is 0 Å². The fourth-order valence-corrected chi connectivity index (χ4v) is 3.99. The van der Waals surface area contributed by atoms with Crippen LogP contribution >= 0.6 is 7.82 Å². The molecule has 124 valence electrons. The Bertz CT molecular complexity index is 827. The Labute approximate surface area is 160 Å². The Morgan fingerprint density at radius 1 is 1.38 bits per heavy atom. The number of hydrogen-bond donors (Lipinski definition) is 1. The average Bonchev–Trinajstić information content (AvgIpc) is 3.01. The molecule has 8 nitrogen and oxygen atoms in total. The van der Waals surface area contributed by atoms with Gasteiger partial charge < -0.3 is 28.4 Å². The van der Waals surface area contributed by atoms with Gasteiger partial charge in [0.25, 0.3) is 7.82 Å². The smallest absolute Gasteiger partial charge is 0.756 e. The van der Waals surface area contributed by atoms with Crippen LogP contribution in [0.4, 0.5) is 0 Å². The Balaban J connectivity index is 0.00000169. The predicted octanol–water partition coefficient (Wildman–Crippen LogP) is -2.20. The minimum Gasteiger partial charge on any atom is -0.756 e. The molecule has 1 aromatic carbocycles. The van der Waals surface area contributed by atoms with E-state index in [1.54, 1.807) is 10.9 Å². The van der Waals surface area contributed by atoms with Gasteiger partial charge >= 0.3 is 29.6 Å². The second kappa shape index (κ2) is 6.46. The number of aliphatic hydroxyl groups is 1. The van der Waals surface area contributed by atoms with Crippen molar-refractivity contribution < 1.29 is 57.9 Å². The number of aryl methyl sites for hydroxylation is 2. The van der Waals surface area contributed by atoms with Gasteiger partial charge in [0.1, 0.15) is 18.3 Å². The number of fused-ring (bicyclic) bond motifs is 2. The first kappa shape index (κ1) is 18.5. The summed E-state index contributed by atoms with van der Waals surface area (Å²) in [5.41, 5.74) is 3.80. The molecule has 0 radical (unpaired) electrons. The molecule has 10 heteroatoms. The minimum absolute atomic E-state index is 0. The van der Waals surface area contributed by atoms with Gasteiger partial charge in [0.15, 0.2) is 6.23 Å². The second-order valence-corrected chi connectivity index (χ2v) is 7.31. The summed E-state index contributed by atoms with van der Waals surface area (Å²) in [4.78, 5) is 15.8. The van der Waals surface area contributed by atoms with Gasteiger partial charge in [-0.15, -0.1) is 0 Å². The monoisotopic (exact) mass is 362 g/mol. The number of hydrogen-bond acceptors (Lipinski definition) is 7. The third kappa shape index (κ3) is 3.00. The zero-order chi connectivity index (χ0) is 16.4. The van der Waals surface area contributed by atoms with Crippen LogP contribution in [0.25, 0.3) is 11.0 Å². The summed E-state index contributed by atoms with van der Waals surface area (Å²) < 4.78 is 28.4. The zero-order valence-electron chi connectivity index (χ0n) is 13.6. The average molecular weight is 362 g/mol. The summed E-state index contributed by atoms with van der Waals surface area (Å²) in [7, 11) is -4.37. The molecule has 24 heavy (non-hydrogen) atoms. The van der Waals surface area contributed by atoms with Crippen LogP contribution in [-0.2, 0) is 18.3 Å². The number of benzene rings is 1. The molecule has 2 aromatic rings. The van der Waals surface area contributed by atoms with E-state index in [9.17, 15) is 14.6 Å². The van der Waals surface area contributed by atoms with E-state index in [1.165, 1.54) is 0 Å². The number of rotatable bonds is 1. The summed E-state index contributed by atoms with van der Waals surface area (Å²) in [6.07, 6.45) is -1.95. The van der Waals surface area contributed by atoms with Crippen molar-refractivity contribution in [1.29, 1.82) is 0 Å². The summed E-state index contributed by atoms with van der Waals surface area (Å²) in [5, 5.41) is 10.5.